The molecule has 0 radical (unpaired) electrons. The van der Waals surface area contributed by atoms with Crippen molar-refractivity contribution in [3.8, 4) is 0 Å². The van der Waals surface area contributed by atoms with Crippen molar-refractivity contribution in [1.29, 1.82) is 0 Å². The van der Waals surface area contributed by atoms with E-state index >= 15 is 4.39 Å². The van der Waals surface area contributed by atoms with E-state index in [0.717, 1.165) is 16.3 Å². The zero-order valence-electron chi connectivity index (χ0n) is 36.1. The lowest BCUT2D eigenvalue weighted by molar-refractivity contribution is -0.271. The molecule has 1 unspecified atom stereocenters. The Morgan fingerprint density at radius 2 is 1.73 bits per heavy atom. The van der Waals surface area contributed by atoms with Crippen molar-refractivity contribution in [3.63, 3.8) is 0 Å². The number of aromatic nitrogens is 1. The number of allylic oxidation sites excluding steroid dienone is 4. The van der Waals surface area contributed by atoms with E-state index in [0.29, 0.717) is 36.1 Å². The topological polar surface area (TPSA) is 174 Å². The molecule has 1 amide bonds. The van der Waals surface area contributed by atoms with Gasteiger partial charge in [-0.1, -0.05) is 48.9 Å². The van der Waals surface area contributed by atoms with Crippen LogP contribution in [0.25, 0.3) is 10.8 Å². The Morgan fingerprint density at radius 3 is 2.45 bits per heavy atom. The molecule has 330 valence electrons. The lowest BCUT2D eigenvalue weighted by Crippen LogP contribution is -2.70. The van der Waals surface area contributed by atoms with Gasteiger partial charge in [0, 0.05) is 40.2 Å². The maximum Gasteiger partial charge on any atom is 0.306 e. The molecule has 2 heterocycles. The number of pyridine rings is 1. The zero-order valence-corrected chi connectivity index (χ0v) is 36.1. The molecule has 2 aromatic carbocycles. The number of hydrogen-bond acceptors (Lipinski definition) is 12. The molecule has 0 bridgehead atoms. The Morgan fingerprint density at radius 1 is 1.00 bits per heavy atom. The molecular weight excluding hydrogens is 798 g/mol. The highest BCUT2D eigenvalue weighted by Crippen LogP contribution is 2.72. The molecule has 10 atom stereocenters. The molecule has 1 saturated heterocycles. The number of likely N-dealkylation sites (N-methyl/N-ethyl adjacent to an activating group) is 1. The molecule has 3 aromatic rings. The van der Waals surface area contributed by atoms with Crippen molar-refractivity contribution >= 4 is 40.1 Å². The first-order valence-electron chi connectivity index (χ1n) is 21.4. The number of halogens is 1. The van der Waals surface area contributed by atoms with Crippen molar-refractivity contribution in [1.82, 2.24) is 9.88 Å². The highest BCUT2D eigenvalue weighted by atomic mass is 19.1. The van der Waals surface area contributed by atoms with Crippen LogP contribution in [0.5, 0.6) is 0 Å². The summed E-state index contributed by atoms with van der Waals surface area (Å²) in [7, 11) is 3.63. The van der Waals surface area contributed by atoms with Crippen molar-refractivity contribution < 1.29 is 52.7 Å². The minimum atomic E-state index is -2.07. The summed E-state index contributed by atoms with van der Waals surface area (Å²) in [4.78, 5) is 57.3. The number of fused-ring (bicyclic) bond motifs is 8. The van der Waals surface area contributed by atoms with Gasteiger partial charge in [0.05, 0.1) is 25.0 Å². The number of ketones is 1. The lowest BCUT2D eigenvalue weighted by atomic mass is 9.44. The van der Waals surface area contributed by atoms with Crippen LogP contribution in [0.1, 0.15) is 83.4 Å². The molecule has 13 nitrogen and oxygen atoms in total. The van der Waals surface area contributed by atoms with E-state index in [1.54, 1.807) is 63.5 Å². The van der Waals surface area contributed by atoms with Crippen LogP contribution >= 0.6 is 0 Å². The van der Waals surface area contributed by atoms with Gasteiger partial charge in [-0.15, -0.1) is 0 Å². The molecule has 3 saturated carbocycles. The number of aliphatic hydroxyl groups excluding tert-OH is 2. The summed E-state index contributed by atoms with van der Waals surface area (Å²) < 4.78 is 41.8. The third-order valence-corrected chi connectivity index (χ3v) is 14.5. The molecular formula is C48H56FN3O10. The molecule has 4 fully saturated rings. The first kappa shape index (κ1) is 43.8. The van der Waals surface area contributed by atoms with Gasteiger partial charge in [-0.05, 0) is 113 Å². The van der Waals surface area contributed by atoms with E-state index in [1.165, 1.54) is 12.2 Å². The van der Waals surface area contributed by atoms with Crippen LogP contribution in [0.2, 0.25) is 0 Å². The molecule has 3 N–H and O–H groups in total. The maximum atomic E-state index is 17.7. The molecule has 5 aliphatic rings. The van der Waals surface area contributed by atoms with E-state index in [4.69, 9.17) is 18.9 Å². The van der Waals surface area contributed by atoms with E-state index in [9.17, 15) is 29.4 Å². The maximum absolute atomic E-state index is 17.7. The van der Waals surface area contributed by atoms with Crippen LogP contribution in [0, 0.1) is 22.7 Å². The third kappa shape index (κ3) is 7.27. The van der Waals surface area contributed by atoms with E-state index in [-0.39, 0.29) is 43.5 Å². The highest BCUT2D eigenvalue weighted by molar-refractivity contribution is 6.01. The van der Waals surface area contributed by atoms with Gasteiger partial charge in [0.2, 0.25) is 5.91 Å². The summed E-state index contributed by atoms with van der Waals surface area (Å²) in [6, 6.07) is 14.1. The minimum Gasteiger partial charge on any atom is -0.463 e. The highest BCUT2D eigenvalue weighted by Gasteiger charge is 2.79. The lowest BCUT2D eigenvalue weighted by Gasteiger charge is -2.63. The fourth-order valence-corrected chi connectivity index (χ4v) is 11.6. The van der Waals surface area contributed by atoms with Crippen LogP contribution in [-0.4, -0.2) is 99.8 Å². The van der Waals surface area contributed by atoms with Crippen molar-refractivity contribution in [3.05, 3.63) is 95.9 Å². The number of nitrogens with zero attached hydrogens (tertiary/aromatic N) is 2. The fourth-order valence-electron chi connectivity index (χ4n) is 11.6. The summed E-state index contributed by atoms with van der Waals surface area (Å²) in [5, 5.41) is 28.8. The number of hydrogen-bond donors (Lipinski definition) is 3. The van der Waals surface area contributed by atoms with Gasteiger partial charge in [-0.25, -0.2) is 4.39 Å². The van der Waals surface area contributed by atoms with Gasteiger partial charge < -0.3 is 34.5 Å². The van der Waals surface area contributed by atoms with Gasteiger partial charge in [-0.2, -0.15) is 0 Å². The number of carbonyl (C=O) groups excluding carboxylic acids is 4. The quantitative estimate of drug-likeness (QED) is 0.180. The van der Waals surface area contributed by atoms with Crippen molar-refractivity contribution in [2.45, 2.75) is 114 Å². The number of benzene rings is 2. The number of ether oxygens (including phenoxy) is 4. The molecule has 1 aliphatic heterocycles. The summed E-state index contributed by atoms with van der Waals surface area (Å²) >= 11 is 0. The summed E-state index contributed by atoms with van der Waals surface area (Å²) in [5.41, 5.74) is -2.91. The first-order valence-corrected chi connectivity index (χ1v) is 21.4. The molecule has 62 heavy (non-hydrogen) atoms. The number of nitrogens with one attached hydrogen (secondary N) is 1. The SMILES string of the molecule is CN(C)[C@@H](C(=O)Nc1ccc2cnccc2c1)c1ccc(COC(=O)CCC(=O)OCC(O)[C@@]23OC(C)(C)O[C@@H]2C[C@H]2[C@@H]4CCC5=CC(=O)C=C[C@]5(C)[C@@]4(F)[C@@H](O)C[C@@]23C)cc1. The summed E-state index contributed by atoms with van der Waals surface area (Å²) in [6.45, 7) is 6.60. The van der Waals surface area contributed by atoms with Gasteiger partial charge in [-0.3, -0.25) is 29.1 Å². The Hall–Kier alpha value is -4.86. The Labute approximate surface area is 360 Å². The van der Waals surface area contributed by atoms with Crippen LogP contribution < -0.4 is 5.32 Å². The first-order chi connectivity index (χ1) is 29.3. The number of rotatable bonds is 12. The summed E-state index contributed by atoms with van der Waals surface area (Å²) in [6.07, 6.45) is 5.02. The van der Waals surface area contributed by atoms with Crippen LogP contribution in [-0.2, 0) is 44.7 Å². The number of aliphatic hydroxyl groups is 2. The largest absolute Gasteiger partial charge is 0.463 e. The monoisotopic (exact) mass is 853 g/mol. The van der Waals surface area contributed by atoms with Crippen molar-refractivity contribution in [2.24, 2.45) is 22.7 Å². The second kappa shape index (κ2) is 16.0. The van der Waals surface area contributed by atoms with E-state index in [1.807, 2.05) is 50.2 Å². The second-order valence-electron chi connectivity index (χ2n) is 18.8. The number of carbonyl (C=O) groups is 4. The van der Waals surface area contributed by atoms with Crippen LogP contribution in [0.3, 0.4) is 0 Å². The zero-order chi connectivity index (χ0) is 44.4. The average molecular weight is 854 g/mol. The third-order valence-electron chi connectivity index (χ3n) is 14.5. The Kier molecular flexibility index (Phi) is 11.3. The fraction of sp³-hybridized carbons (Fsp3) is 0.521. The Balaban J connectivity index is 0.856. The second-order valence-corrected chi connectivity index (χ2v) is 18.8. The van der Waals surface area contributed by atoms with Crippen LogP contribution in [0.15, 0.2) is 84.7 Å². The molecule has 8 rings (SSSR count). The smallest absolute Gasteiger partial charge is 0.306 e. The number of esters is 2. The number of anilines is 1. The van der Waals surface area contributed by atoms with E-state index < -0.39 is 76.7 Å². The minimum absolute atomic E-state index is 0.0490. The normalized spacial score (nSPS) is 32.8. The van der Waals surface area contributed by atoms with Gasteiger partial charge in [0.1, 0.15) is 31.0 Å². The van der Waals surface area contributed by atoms with Crippen molar-refractivity contribution in [2.75, 3.05) is 26.0 Å². The molecule has 14 heteroatoms. The average Bonchev–Trinajstić information content (AvgIpc) is 3.64. The number of amides is 1. The molecule has 1 aromatic heterocycles. The standard InChI is InChI=1S/C48H56FN3O10/c1-44(2)61-39-23-36-35-14-12-32-22-34(53)17-19-45(32,3)47(35,49)37(54)24-46(36,4)48(39,62-44)38(55)27-60-41(57)16-15-40(56)59-26-28-7-9-29(10-8-28)42(52(5)6)43(58)51-33-13-11-31-25-50-20-18-30(31)21-33/h7-11,13,17-22,25,35-39,42,54-55H,12,14-16,23-24,26-27H2,1-6H3,(H,51,58)/t35-,36-,37-,38?,39+,42+,45-,46-,47-,48+/m0/s1. The van der Waals surface area contributed by atoms with E-state index in [2.05, 4.69) is 10.3 Å². The van der Waals surface area contributed by atoms with Gasteiger partial charge >= 0.3 is 11.9 Å². The molecule has 0 spiro atoms. The predicted octanol–water partition coefficient (Wildman–Crippen LogP) is 6.07. The number of alkyl halides is 1. The van der Waals surface area contributed by atoms with Gasteiger partial charge in [0.15, 0.2) is 17.2 Å². The predicted molar refractivity (Wildman–Crippen MR) is 226 cm³/mol. The van der Waals surface area contributed by atoms with Gasteiger partial charge in [0.25, 0.3) is 0 Å². The molecule has 4 aliphatic carbocycles. The van der Waals surface area contributed by atoms with Crippen LogP contribution in [0.4, 0.5) is 10.1 Å². The Bertz CT molecular complexity index is 2330. The summed E-state index contributed by atoms with van der Waals surface area (Å²) in [5.74, 6) is -3.87.